The van der Waals surface area contributed by atoms with Crippen LogP contribution in [-0.4, -0.2) is 124 Å². The Balaban J connectivity index is 2.15. The molecule has 3 aromatic rings. The summed E-state index contributed by atoms with van der Waals surface area (Å²) in [4.78, 5) is 59.5. The average Bonchev–Trinajstić information content (AvgIpc) is 3.27. The van der Waals surface area contributed by atoms with Gasteiger partial charge in [0, 0.05) is 44.2 Å². The maximum atomic E-state index is 14.6. The van der Waals surface area contributed by atoms with Gasteiger partial charge in [-0.1, -0.05) is 102 Å². The third kappa shape index (κ3) is 17.6. The van der Waals surface area contributed by atoms with Crippen molar-refractivity contribution in [3.63, 3.8) is 0 Å². The molecule has 1 heterocycles. The van der Waals surface area contributed by atoms with E-state index < -0.39 is 106 Å². The Morgan fingerprint density at radius 2 is 1.40 bits per heavy atom. The Morgan fingerprint density at radius 3 is 2.02 bits per heavy atom. The fourth-order valence-electron chi connectivity index (χ4n) is 5.46. The molecule has 16 heteroatoms. The quantitative estimate of drug-likeness (QED) is 0.0673. The average molecular weight is 851 g/mol. The van der Waals surface area contributed by atoms with Crippen molar-refractivity contribution in [1.29, 1.82) is 0 Å². The Labute approximate surface area is 373 Å². The fraction of sp³-hybridized carbons (Fsp3) is 0.523. The number of rotatable bonds is 23. The number of benzene rings is 2. The van der Waals surface area contributed by atoms with E-state index in [1.807, 2.05) is 0 Å². The first-order valence-corrected chi connectivity index (χ1v) is 18.9. The van der Waals surface area contributed by atoms with Crippen molar-refractivity contribution in [1.82, 2.24) is 31.4 Å². The number of carbonyl (C=O) groups is 4. The number of aliphatic hydroxyl groups is 1. The molecule has 0 unspecified atom stereocenters. The van der Waals surface area contributed by atoms with Crippen LogP contribution < -0.4 is 21.4 Å². The second-order valence-corrected chi connectivity index (χ2v) is 14.4. The molecule has 60 heavy (non-hydrogen) atoms. The molecular formula is C44H64N6O10. The van der Waals surface area contributed by atoms with E-state index in [4.69, 9.17) is 35.4 Å². The summed E-state index contributed by atoms with van der Waals surface area (Å²) in [7, 11) is -2.04. The second kappa shape index (κ2) is 24.8. The van der Waals surface area contributed by atoms with E-state index in [-0.39, 0.29) is 32.0 Å². The molecule has 0 saturated carbocycles. The number of aliphatic hydroxyl groups excluding tert-OH is 1. The van der Waals surface area contributed by atoms with Crippen LogP contribution in [0.25, 0.3) is 11.3 Å². The minimum absolute atomic E-state index is 0.0359. The van der Waals surface area contributed by atoms with E-state index in [0.717, 1.165) is 0 Å². The number of pyridine rings is 1. The molecule has 2 aromatic carbocycles. The minimum Gasteiger partial charge on any atom is -0.453 e. The Bertz CT molecular complexity index is 2220. The van der Waals surface area contributed by atoms with Crippen LogP contribution in [0.2, 0.25) is 0 Å². The van der Waals surface area contributed by atoms with Gasteiger partial charge in [-0.25, -0.2) is 14.6 Å². The lowest BCUT2D eigenvalue weighted by atomic mass is 9.85. The van der Waals surface area contributed by atoms with Gasteiger partial charge in [-0.15, -0.1) is 0 Å². The zero-order chi connectivity index (χ0) is 55.9. The summed E-state index contributed by atoms with van der Waals surface area (Å²) < 4.78 is 140. The van der Waals surface area contributed by atoms with Crippen LogP contribution in [0, 0.1) is 10.8 Å². The van der Waals surface area contributed by atoms with E-state index in [1.165, 1.54) is 43.5 Å². The number of hydrogen-bond acceptors (Lipinski definition) is 12. The number of hydrogen-bond donors (Lipinski definition) is 5. The van der Waals surface area contributed by atoms with Crippen molar-refractivity contribution in [3.05, 3.63) is 90.1 Å². The summed E-state index contributed by atoms with van der Waals surface area (Å²) in [5, 5.41) is 19.2. The van der Waals surface area contributed by atoms with Crippen LogP contribution in [0.5, 0.6) is 0 Å². The van der Waals surface area contributed by atoms with Gasteiger partial charge in [-0.2, -0.15) is 0 Å². The zero-order valence-corrected chi connectivity index (χ0v) is 34.0. The highest BCUT2D eigenvalue weighted by Gasteiger charge is 2.37. The third-order valence-corrected chi connectivity index (χ3v) is 8.52. The number of methoxy groups -OCH3 is 2. The summed E-state index contributed by atoms with van der Waals surface area (Å²) in [6, 6.07) is 12.2. The molecule has 4 atom stereocenters. The largest absolute Gasteiger partial charge is 0.453 e. The SMILES string of the molecule is [2H]C([2H])([2H])OC(=O)N[C@H](C(=O)N[C@@H](Cc1ccccc1)[C@@H](O)CN(NC(=O)[C@@H](NC(=O)OCCOCCOCCOC)C(C)(C)C)C([2H])([2H])c1ccc(-c2ccccn2)cc1)C(C([2H])([2H])[2H])(C([2H])([2H])[2H])C([2H])([2H])[2H]. The topological polar surface area (TPSA) is 199 Å². The summed E-state index contributed by atoms with van der Waals surface area (Å²) in [5.41, 5.74) is -1.55. The molecule has 0 aliphatic rings. The van der Waals surface area contributed by atoms with Crippen LogP contribution in [0.3, 0.4) is 0 Å². The molecule has 0 bridgehead atoms. The van der Waals surface area contributed by atoms with Gasteiger partial charge in [-0.3, -0.25) is 20.0 Å². The standard InChI is InChI=1S/C44H64N6O10/c1-43(2,3)37(47-41(54)57-8)39(52)46-35(28-31-14-10-9-11-15-31)36(51)30-50(29-32-17-19-33(20-18-32)34-16-12-13-21-45-34)49-40(53)38(44(4,5)6)48-42(55)60-27-26-59-25-24-58-23-22-56-7/h9-21,35-38,51H,22-30H2,1-8H3,(H,46,52)(H,47,54)(H,48,55)(H,49,53)/t35-,36-,37+,38+/m0/s1/i1D3,2D3,3D3,8D3,29D2. The van der Waals surface area contributed by atoms with Crippen LogP contribution in [0.15, 0.2) is 79.0 Å². The van der Waals surface area contributed by atoms with Gasteiger partial charge in [0.25, 0.3) is 5.91 Å². The van der Waals surface area contributed by atoms with Gasteiger partial charge in [0.05, 0.1) is 64.8 Å². The molecule has 0 spiro atoms. The van der Waals surface area contributed by atoms with E-state index in [9.17, 15) is 27.0 Å². The molecule has 4 amide bonds. The molecule has 16 nitrogen and oxygen atoms in total. The van der Waals surface area contributed by atoms with Crippen LogP contribution in [0.4, 0.5) is 9.59 Å². The van der Waals surface area contributed by atoms with Crippen molar-refractivity contribution in [2.24, 2.45) is 10.8 Å². The highest BCUT2D eigenvalue weighted by Crippen LogP contribution is 2.23. The third-order valence-electron chi connectivity index (χ3n) is 8.52. The van der Waals surface area contributed by atoms with E-state index in [2.05, 4.69) is 25.8 Å². The molecule has 3 rings (SSSR count). The lowest BCUT2D eigenvalue weighted by molar-refractivity contribution is -0.132. The van der Waals surface area contributed by atoms with Gasteiger partial charge < -0.3 is 44.7 Å². The highest BCUT2D eigenvalue weighted by molar-refractivity contribution is 5.87. The first-order chi connectivity index (χ1) is 34.2. The molecule has 0 aliphatic carbocycles. The van der Waals surface area contributed by atoms with Crippen LogP contribution in [0.1, 0.15) is 71.6 Å². The van der Waals surface area contributed by atoms with Crippen molar-refractivity contribution in [2.75, 3.05) is 60.3 Å². The number of ether oxygens (including phenoxy) is 5. The highest BCUT2D eigenvalue weighted by atomic mass is 16.6. The summed E-state index contributed by atoms with van der Waals surface area (Å²) in [5.74, 6) is -2.91. The Hall–Kier alpha value is -5.13. The van der Waals surface area contributed by atoms with Crippen molar-refractivity contribution < 1.29 is 67.2 Å². The molecular weight excluding hydrogens is 773 g/mol. The predicted molar refractivity (Wildman–Crippen MR) is 226 cm³/mol. The van der Waals surface area contributed by atoms with Crippen LogP contribution in [-0.2, 0) is 46.2 Å². The summed E-state index contributed by atoms with van der Waals surface area (Å²) >= 11 is 0. The Kier molecular flexibility index (Phi) is 13.1. The van der Waals surface area contributed by atoms with Gasteiger partial charge in [0.15, 0.2) is 0 Å². The van der Waals surface area contributed by atoms with E-state index in [0.29, 0.717) is 35.0 Å². The number of carbonyl (C=O) groups excluding carboxylic acids is 4. The lowest BCUT2D eigenvalue weighted by Gasteiger charge is -2.35. The number of amides is 4. The molecule has 0 fully saturated rings. The monoisotopic (exact) mass is 851 g/mol. The lowest BCUT2D eigenvalue weighted by Crippen LogP contribution is -2.61. The molecule has 5 N–H and O–H groups in total. The molecule has 0 saturated heterocycles. The molecule has 0 radical (unpaired) electrons. The zero-order valence-electron chi connectivity index (χ0n) is 48.0. The Morgan fingerprint density at radius 1 is 0.767 bits per heavy atom. The van der Waals surface area contributed by atoms with E-state index in [1.54, 1.807) is 68.7 Å². The van der Waals surface area contributed by atoms with Gasteiger partial charge >= 0.3 is 12.2 Å². The number of hydrazine groups is 1. The van der Waals surface area contributed by atoms with Crippen molar-refractivity contribution in [3.8, 4) is 11.3 Å². The maximum absolute atomic E-state index is 14.6. The summed E-state index contributed by atoms with van der Waals surface area (Å²) in [6.07, 6.45) is -4.17. The molecule has 1 aromatic heterocycles. The molecule has 0 aliphatic heterocycles. The van der Waals surface area contributed by atoms with Crippen LogP contribution >= 0.6 is 0 Å². The molecule has 330 valence electrons. The van der Waals surface area contributed by atoms with Gasteiger partial charge in [0.1, 0.15) is 18.7 Å². The minimum atomic E-state index is -4.19. The van der Waals surface area contributed by atoms with Gasteiger partial charge in [0.2, 0.25) is 5.91 Å². The first-order valence-electron chi connectivity index (χ1n) is 25.9. The second-order valence-electron chi connectivity index (χ2n) is 14.4. The number of aromatic nitrogens is 1. The number of nitrogens with one attached hydrogen (secondary N) is 4. The number of alkyl carbamates (subject to hydrolysis) is 2. The fourth-order valence-corrected chi connectivity index (χ4v) is 5.46. The smallest absolute Gasteiger partial charge is 0.407 e. The van der Waals surface area contributed by atoms with Gasteiger partial charge in [-0.05, 0) is 40.5 Å². The van der Waals surface area contributed by atoms with Crippen molar-refractivity contribution in [2.45, 2.75) is 78.5 Å². The van der Waals surface area contributed by atoms with Crippen molar-refractivity contribution >= 4 is 24.0 Å². The predicted octanol–water partition coefficient (Wildman–Crippen LogP) is 4.26. The maximum Gasteiger partial charge on any atom is 0.407 e. The normalized spacial score (nSPS) is 18.2. The van der Waals surface area contributed by atoms with E-state index >= 15 is 0 Å². The first kappa shape index (κ1) is 31.7. The summed E-state index contributed by atoms with van der Waals surface area (Å²) in [6.45, 7) is -10.7. The number of nitrogens with zero attached hydrogens (tertiary/aromatic N) is 2.